The topological polar surface area (TPSA) is 63.6 Å². The number of halogens is 1. The number of nitrogens with zero attached hydrogens (tertiary/aromatic N) is 2. The first-order valence-electron chi connectivity index (χ1n) is 10.9. The molecule has 0 saturated carbocycles. The van der Waals surface area contributed by atoms with Gasteiger partial charge in [0.15, 0.2) is 0 Å². The molecule has 0 spiro atoms. The Hall–Kier alpha value is -3.65. The van der Waals surface area contributed by atoms with Crippen molar-refractivity contribution >= 4 is 33.4 Å². The third kappa shape index (κ3) is 3.74. The van der Waals surface area contributed by atoms with Crippen molar-refractivity contribution in [3.05, 3.63) is 88.7 Å². The fraction of sp³-hybridized carbons (Fsp3) is 0.231. The Labute approximate surface area is 200 Å². The lowest BCUT2D eigenvalue weighted by Crippen LogP contribution is -2.63. The van der Waals surface area contributed by atoms with Crippen LogP contribution in [0.25, 0.3) is 10.2 Å². The quantitative estimate of drug-likeness (QED) is 0.442. The van der Waals surface area contributed by atoms with Crippen LogP contribution in [0.3, 0.4) is 0 Å². The summed E-state index contributed by atoms with van der Waals surface area (Å²) >= 11 is 1.55. The van der Waals surface area contributed by atoms with E-state index in [1.165, 1.54) is 12.1 Å². The Balaban J connectivity index is 1.51. The van der Waals surface area contributed by atoms with Gasteiger partial charge in [-0.15, -0.1) is 11.3 Å². The molecule has 0 fully saturated rings. The van der Waals surface area contributed by atoms with Crippen LogP contribution >= 0.6 is 11.3 Å². The first-order chi connectivity index (χ1) is 16.4. The van der Waals surface area contributed by atoms with E-state index in [4.69, 9.17) is 4.74 Å². The Bertz CT molecular complexity index is 1380. The highest BCUT2D eigenvalue weighted by Crippen LogP contribution is 2.36. The zero-order chi connectivity index (χ0) is 23.9. The summed E-state index contributed by atoms with van der Waals surface area (Å²) in [5, 5.41) is 5.93. The standard InChI is InChI=1S/C26H24FN3O3S/c1-26(25(32)28-14-17-7-9-20(27)10-8-17)16-29-21(13-18-11-12-34-24(18)29)23(31)30(26)15-19-5-3-4-6-22(19)33-2/h3-13H,14-16H2,1-2H3,(H,28,32)/t26-/m0/s1. The molecule has 174 valence electrons. The van der Waals surface area contributed by atoms with Gasteiger partial charge in [0.25, 0.3) is 5.91 Å². The van der Waals surface area contributed by atoms with Crippen molar-refractivity contribution in [1.29, 1.82) is 0 Å². The van der Waals surface area contributed by atoms with E-state index in [0.29, 0.717) is 18.0 Å². The Morgan fingerprint density at radius 2 is 1.94 bits per heavy atom. The summed E-state index contributed by atoms with van der Waals surface area (Å²) in [7, 11) is 1.59. The molecular formula is C26H24FN3O3S. The molecule has 1 N–H and O–H groups in total. The third-order valence-electron chi connectivity index (χ3n) is 6.40. The molecule has 1 atom stereocenters. The summed E-state index contributed by atoms with van der Waals surface area (Å²) in [6, 6.07) is 17.4. The highest BCUT2D eigenvalue weighted by molar-refractivity contribution is 7.16. The number of carbonyl (C=O) groups excluding carboxylic acids is 2. The predicted octanol–water partition coefficient (Wildman–Crippen LogP) is 4.58. The molecule has 2 aromatic carbocycles. The molecule has 34 heavy (non-hydrogen) atoms. The van der Waals surface area contributed by atoms with Crippen molar-refractivity contribution in [1.82, 2.24) is 14.8 Å². The first kappa shape index (κ1) is 22.2. The number of methoxy groups -OCH3 is 1. The largest absolute Gasteiger partial charge is 0.496 e. The van der Waals surface area contributed by atoms with E-state index >= 15 is 0 Å². The Morgan fingerprint density at radius 3 is 2.71 bits per heavy atom. The van der Waals surface area contributed by atoms with E-state index in [-0.39, 0.29) is 30.7 Å². The maximum Gasteiger partial charge on any atom is 0.271 e. The Kier molecular flexibility index (Phi) is 5.61. The summed E-state index contributed by atoms with van der Waals surface area (Å²) in [5.41, 5.74) is 1.01. The number of amides is 2. The summed E-state index contributed by atoms with van der Waals surface area (Å²) in [4.78, 5) is 30.0. The second kappa shape index (κ2) is 8.61. The minimum atomic E-state index is -1.15. The normalized spacial score (nSPS) is 17.6. The van der Waals surface area contributed by atoms with E-state index in [1.807, 2.05) is 46.3 Å². The van der Waals surface area contributed by atoms with Gasteiger partial charge in [-0.2, -0.15) is 0 Å². The lowest BCUT2D eigenvalue weighted by atomic mass is 9.93. The van der Waals surface area contributed by atoms with Gasteiger partial charge in [-0.25, -0.2) is 4.39 Å². The fourth-order valence-electron chi connectivity index (χ4n) is 4.48. The molecular weight excluding hydrogens is 453 g/mol. The van der Waals surface area contributed by atoms with Gasteiger partial charge in [-0.05, 0) is 48.2 Å². The minimum Gasteiger partial charge on any atom is -0.496 e. The van der Waals surface area contributed by atoms with Gasteiger partial charge in [0, 0.05) is 17.5 Å². The highest BCUT2D eigenvalue weighted by atomic mass is 32.1. The van der Waals surface area contributed by atoms with Gasteiger partial charge in [0.05, 0.1) is 20.2 Å². The smallest absolute Gasteiger partial charge is 0.271 e. The maximum absolute atomic E-state index is 13.8. The average Bonchev–Trinajstić information content (AvgIpc) is 3.44. The van der Waals surface area contributed by atoms with Crippen LogP contribution in [0.2, 0.25) is 0 Å². The minimum absolute atomic E-state index is 0.208. The van der Waals surface area contributed by atoms with Crippen LogP contribution in [0, 0.1) is 5.82 Å². The molecule has 0 bridgehead atoms. The molecule has 1 aliphatic rings. The van der Waals surface area contributed by atoms with Crippen LogP contribution in [0.1, 0.15) is 28.5 Å². The van der Waals surface area contributed by atoms with E-state index in [2.05, 4.69) is 5.32 Å². The maximum atomic E-state index is 13.8. The van der Waals surface area contributed by atoms with E-state index < -0.39 is 5.54 Å². The molecule has 8 heteroatoms. The lowest BCUT2D eigenvalue weighted by molar-refractivity contribution is -0.133. The summed E-state index contributed by atoms with van der Waals surface area (Å²) in [6.45, 7) is 2.58. The van der Waals surface area contributed by atoms with Crippen molar-refractivity contribution in [3.63, 3.8) is 0 Å². The van der Waals surface area contributed by atoms with Crippen LogP contribution in [-0.4, -0.2) is 33.9 Å². The van der Waals surface area contributed by atoms with Crippen molar-refractivity contribution in [3.8, 4) is 5.75 Å². The van der Waals surface area contributed by atoms with Gasteiger partial charge in [0.1, 0.15) is 27.6 Å². The van der Waals surface area contributed by atoms with Crippen molar-refractivity contribution in [2.45, 2.75) is 32.1 Å². The van der Waals surface area contributed by atoms with E-state index in [1.54, 1.807) is 42.4 Å². The third-order valence-corrected chi connectivity index (χ3v) is 7.36. The lowest BCUT2D eigenvalue weighted by Gasteiger charge is -2.44. The number of thiophene rings is 1. The van der Waals surface area contributed by atoms with Crippen molar-refractivity contribution in [2.24, 2.45) is 0 Å². The number of para-hydroxylation sites is 1. The Morgan fingerprint density at radius 1 is 1.18 bits per heavy atom. The molecule has 0 unspecified atom stereocenters. The van der Waals surface area contributed by atoms with Gasteiger partial charge >= 0.3 is 0 Å². The second-order valence-corrected chi connectivity index (χ2v) is 9.48. The number of rotatable bonds is 6. The fourth-order valence-corrected chi connectivity index (χ4v) is 5.38. The molecule has 4 aromatic rings. The number of ether oxygens (including phenoxy) is 1. The van der Waals surface area contributed by atoms with Gasteiger partial charge in [-0.1, -0.05) is 30.3 Å². The number of benzene rings is 2. The predicted molar refractivity (Wildman–Crippen MR) is 129 cm³/mol. The molecule has 0 aliphatic carbocycles. The van der Waals surface area contributed by atoms with Gasteiger partial charge in [-0.3, -0.25) is 9.59 Å². The average molecular weight is 478 g/mol. The summed E-state index contributed by atoms with van der Waals surface area (Å²) < 4.78 is 20.7. The number of carbonyl (C=O) groups is 2. The van der Waals surface area contributed by atoms with E-state index in [0.717, 1.165) is 21.3 Å². The van der Waals surface area contributed by atoms with Gasteiger partial charge in [0.2, 0.25) is 5.91 Å². The van der Waals surface area contributed by atoms with Crippen LogP contribution in [0.15, 0.2) is 66.0 Å². The number of fused-ring (bicyclic) bond motifs is 3. The monoisotopic (exact) mass is 477 g/mol. The van der Waals surface area contributed by atoms with Crippen LogP contribution < -0.4 is 10.1 Å². The summed E-state index contributed by atoms with van der Waals surface area (Å²) in [6.07, 6.45) is 0. The van der Waals surface area contributed by atoms with Crippen molar-refractivity contribution < 1.29 is 18.7 Å². The second-order valence-electron chi connectivity index (χ2n) is 8.58. The molecule has 3 heterocycles. The highest BCUT2D eigenvalue weighted by Gasteiger charge is 2.48. The first-order valence-corrected chi connectivity index (χ1v) is 11.8. The number of nitrogens with one attached hydrogen (secondary N) is 1. The molecule has 2 amide bonds. The molecule has 0 saturated heterocycles. The number of hydrogen-bond acceptors (Lipinski definition) is 4. The van der Waals surface area contributed by atoms with E-state index in [9.17, 15) is 14.0 Å². The molecule has 1 aliphatic heterocycles. The SMILES string of the molecule is COc1ccccc1CN1C(=O)c2cc3ccsc3n2C[C@@]1(C)C(=O)NCc1ccc(F)cc1. The zero-order valence-electron chi connectivity index (χ0n) is 18.9. The molecule has 6 nitrogen and oxygen atoms in total. The molecule has 2 aromatic heterocycles. The number of hydrogen-bond donors (Lipinski definition) is 1. The molecule has 5 rings (SSSR count). The van der Waals surface area contributed by atoms with Crippen molar-refractivity contribution in [2.75, 3.05) is 7.11 Å². The summed E-state index contributed by atoms with van der Waals surface area (Å²) in [5.74, 6) is -0.154. The molecule has 0 radical (unpaired) electrons. The van der Waals surface area contributed by atoms with Crippen LogP contribution in [0.5, 0.6) is 5.75 Å². The van der Waals surface area contributed by atoms with Crippen LogP contribution in [-0.2, 0) is 24.4 Å². The number of aromatic nitrogens is 1. The zero-order valence-corrected chi connectivity index (χ0v) is 19.7. The van der Waals surface area contributed by atoms with Gasteiger partial charge < -0.3 is 19.5 Å². The van der Waals surface area contributed by atoms with Crippen LogP contribution in [0.4, 0.5) is 4.39 Å².